The summed E-state index contributed by atoms with van der Waals surface area (Å²) in [6, 6.07) is 14.2. The van der Waals surface area contributed by atoms with Gasteiger partial charge in [-0.3, -0.25) is 4.79 Å². The maximum atomic E-state index is 12.0. The maximum Gasteiger partial charge on any atom is 0.214 e. The van der Waals surface area contributed by atoms with Crippen LogP contribution in [0.1, 0.15) is 35.1 Å². The zero-order valence-electron chi connectivity index (χ0n) is 14.5. The number of anilines is 1. The molecule has 0 saturated heterocycles. The number of aryl methyl sites for hydroxylation is 1. The number of fused-ring (bicyclic) bond motifs is 2. The molecule has 2 aromatic carbocycles. The van der Waals surface area contributed by atoms with E-state index >= 15 is 0 Å². The Balaban J connectivity index is 1.77. The highest BCUT2D eigenvalue weighted by atomic mass is 16.1. The molecule has 0 aromatic heterocycles. The van der Waals surface area contributed by atoms with Crippen LogP contribution >= 0.6 is 0 Å². The minimum absolute atomic E-state index is 0.0803. The topological polar surface area (TPSA) is 37.4 Å². The monoisotopic (exact) mass is 331 g/mol. The summed E-state index contributed by atoms with van der Waals surface area (Å²) in [6.07, 6.45) is 5.04. The van der Waals surface area contributed by atoms with Gasteiger partial charge in [0.25, 0.3) is 0 Å². The molecule has 3 unspecified atom stereocenters. The lowest BCUT2D eigenvalue weighted by Crippen LogP contribution is -2.39. The number of aldehydes is 1. The summed E-state index contributed by atoms with van der Waals surface area (Å²) in [5.41, 5.74) is 6.74. The number of rotatable bonds is 4. The third kappa shape index (κ3) is 2.34. The second-order valence-electron chi connectivity index (χ2n) is 7.04. The number of hydrogen-bond acceptors (Lipinski definition) is 2. The molecule has 0 N–H and O–H groups in total. The SMILES string of the molecule is Cc1ccc2c(c1)C(C=O)C(C(C)C1=CCc3ccccc31)N2C=O. The molecule has 3 heteroatoms. The van der Waals surface area contributed by atoms with Crippen LogP contribution in [0.3, 0.4) is 0 Å². The first-order valence-electron chi connectivity index (χ1n) is 8.73. The molecule has 0 radical (unpaired) electrons. The fourth-order valence-corrected chi connectivity index (χ4v) is 4.45. The van der Waals surface area contributed by atoms with Crippen LogP contribution in [-0.4, -0.2) is 18.7 Å². The van der Waals surface area contributed by atoms with Crippen LogP contribution in [0.2, 0.25) is 0 Å². The van der Waals surface area contributed by atoms with Gasteiger partial charge in [-0.05, 0) is 41.7 Å². The fraction of sp³-hybridized carbons (Fsp3) is 0.273. The van der Waals surface area contributed by atoms with E-state index in [1.165, 1.54) is 16.7 Å². The van der Waals surface area contributed by atoms with Crippen LogP contribution in [-0.2, 0) is 16.0 Å². The summed E-state index contributed by atoms with van der Waals surface area (Å²) >= 11 is 0. The second kappa shape index (κ2) is 5.99. The van der Waals surface area contributed by atoms with E-state index in [1.54, 1.807) is 4.90 Å². The Morgan fingerprint density at radius 2 is 1.96 bits per heavy atom. The zero-order valence-corrected chi connectivity index (χ0v) is 14.5. The van der Waals surface area contributed by atoms with Crippen molar-refractivity contribution in [3.8, 4) is 0 Å². The Bertz CT molecular complexity index is 883. The summed E-state index contributed by atoms with van der Waals surface area (Å²) in [5.74, 6) is -0.208. The molecular weight excluding hydrogens is 310 g/mol. The molecule has 4 rings (SSSR count). The van der Waals surface area contributed by atoms with E-state index in [2.05, 4.69) is 31.2 Å². The van der Waals surface area contributed by atoms with Gasteiger partial charge >= 0.3 is 0 Å². The molecule has 3 atom stereocenters. The van der Waals surface area contributed by atoms with Gasteiger partial charge in [0.05, 0.1) is 12.0 Å². The molecule has 2 aromatic rings. The van der Waals surface area contributed by atoms with Gasteiger partial charge in [0.2, 0.25) is 6.41 Å². The van der Waals surface area contributed by atoms with Crippen LogP contribution in [0.15, 0.2) is 48.5 Å². The Hall–Kier alpha value is -2.68. The third-order valence-corrected chi connectivity index (χ3v) is 5.64. The number of hydrogen-bond donors (Lipinski definition) is 0. The quantitative estimate of drug-likeness (QED) is 0.797. The van der Waals surface area contributed by atoms with E-state index in [0.29, 0.717) is 0 Å². The van der Waals surface area contributed by atoms with Crippen molar-refractivity contribution in [2.24, 2.45) is 5.92 Å². The normalized spacial score (nSPS) is 22.2. The van der Waals surface area contributed by atoms with Crippen molar-refractivity contribution in [2.75, 3.05) is 4.90 Å². The molecule has 0 spiro atoms. The van der Waals surface area contributed by atoms with Crippen molar-refractivity contribution in [3.63, 3.8) is 0 Å². The van der Waals surface area contributed by atoms with Crippen molar-refractivity contribution in [1.82, 2.24) is 0 Å². The number of allylic oxidation sites excluding steroid dienone is 1. The summed E-state index contributed by atoms with van der Waals surface area (Å²) in [7, 11) is 0. The summed E-state index contributed by atoms with van der Waals surface area (Å²) in [4.78, 5) is 25.6. The van der Waals surface area contributed by atoms with Gasteiger partial charge in [0, 0.05) is 11.6 Å². The Morgan fingerprint density at radius 1 is 1.16 bits per heavy atom. The molecule has 0 fully saturated rings. The molecule has 3 nitrogen and oxygen atoms in total. The lowest BCUT2D eigenvalue weighted by atomic mass is 9.82. The minimum Gasteiger partial charge on any atom is -0.310 e. The van der Waals surface area contributed by atoms with Gasteiger partial charge in [-0.1, -0.05) is 55.0 Å². The number of carbonyl (C=O) groups is 2. The Labute approximate surface area is 148 Å². The van der Waals surface area contributed by atoms with E-state index in [1.807, 2.05) is 31.2 Å². The van der Waals surface area contributed by atoms with Gasteiger partial charge in [0.15, 0.2) is 0 Å². The standard InChI is InChI=1S/C22H21NO2/c1-14-7-10-21-19(11-14)20(12-24)22(23(21)13-25)15(2)17-9-8-16-5-3-4-6-18(16)17/h3-7,9-13,15,20,22H,8H2,1-2H3. The predicted octanol–water partition coefficient (Wildman–Crippen LogP) is 3.90. The molecule has 1 aliphatic carbocycles. The molecule has 0 saturated carbocycles. The number of amides is 1. The molecular formula is C22H21NO2. The van der Waals surface area contributed by atoms with Gasteiger partial charge in [0.1, 0.15) is 6.29 Å². The summed E-state index contributed by atoms with van der Waals surface area (Å²) < 4.78 is 0. The molecule has 0 bridgehead atoms. The van der Waals surface area contributed by atoms with Crippen molar-refractivity contribution in [1.29, 1.82) is 0 Å². The van der Waals surface area contributed by atoms with E-state index in [4.69, 9.17) is 0 Å². The van der Waals surface area contributed by atoms with E-state index in [0.717, 1.165) is 35.9 Å². The van der Waals surface area contributed by atoms with E-state index in [9.17, 15) is 9.59 Å². The van der Waals surface area contributed by atoms with Gasteiger partial charge in [-0.15, -0.1) is 0 Å². The minimum atomic E-state index is -0.288. The number of nitrogens with zero attached hydrogens (tertiary/aromatic N) is 1. The Morgan fingerprint density at radius 3 is 2.72 bits per heavy atom. The van der Waals surface area contributed by atoms with Crippen molar-refractivity contribution in [3.05, 3.63) is 70.8 Å². The van der Waals surface area contributed by atoms with E-state index < -0.39 is 0 Å². The van der Waals surface area contributed by atoms with E-state index in [-0.39, 0.29) is 17.9 Å². The Kier molecular flexibility index (Phi) is 3.79. The number of benzene rings is 2. The molecule has 2 aliphatic rings. The predicted molar refractivity (Wildman–Crippen MR) is 99.6 cm³/mol. The first-order valence-corrected chi connectivity index (χ1v) is 8.73. The average molecular weight is 331 g/mol. The van der Waals surface area contributed by atoms with Crippen molar-refractivity contribution in [2.45, 2.75) is 32.2 Å². The smallest absolute Gasteiger partial charge is 0.214 e. The van der Waals surface area contributed by atoms with Crippen molar-refractivity contribution < 1.29 is 9.59 Å². The second-order valence-corrected chi connectivity index (χ2v) is 7.04. The average Bonchev–Trinajstić information content (AvgIpc) is 3.19. The molecule has 126 valence electrons. The molecule has 1 heterocycles. The molecule has 1 aliphatic heterocycles. The molecule has 1 amide bonds. The highest BCUT2D eigenvalue weighted by Gasteiger charge is 2.43. The van der Waals surface area contributed by atoms with Gasteiger partial charge in [-0.2, -0.15) is 0 Å². The maximum absolute atomic E-state index is 12.0. The summed E-state index contributed by atoms with van der Waals surface area (Å²) in [6.45, 7) is 4.14. The van der Waals surface area contributed by atoms with Crippen LogP contribution in [0, 0.1) is 12.8 Å². The number of carbonyl (C=O) groups excluding carboxylic acids is 2. The van der Waals surface area contributed by atoms with Gasteiger partial charge < -0.3 is 9.69 Å². The van der Waals surface area contributed by atoms with Crippen molar-refractivity contribution >= 4 is 24.0 Å². The lowest BCUT2D eigenvalue weighted by Gasteiger charge is -2.30. The zero-order chi connectivity index (χ0) is 17.6. The lowest BCUT2D eigenvalue weighted by molar-refractivity contribution is -0.110. The fourth-order valence-electron chi connectivity index (χ4n) is 4.45. The van der Waals surface area contributed by atoms with Crippen LogP contribution in [0.25, 0.3) is 5.57 Å². The summed E-state index contributed by atoms with van der Waals surface area (Å²) in [5, 5.41) is 0. The van der Waals surface area contributed by atoms with Crippen LogP contribution in [0.5, 0.6) is 0 Å². The van der Waals surface area contributed by atoms with Crippen LogP contribution in [0.4, 0.5) is 5.69 Å². The largest absolute Gasteiger partial charge is 0.310 e. The van der Waals surface area contributed by atoms with Crippen LogP contribution < -0.4 is 4.90 Å². The highest BCUT2D eigenvalue weighted by Crippen LogP contribution is 2.46. The first-order chi connectivity index (χ1) is 12.2. The van der Waals surface area contributed by atoms with Gasteiger partial charge in [-0.25, -0.2) is 0 Å². The first kappa shape index (κ1) is 15.8. The highest BCUT2D eigenvalue weighted by molar-refractivity contribution is 5.89. The third-order valence-electron chi connectivity index (χ3n) is 5.64. The molecule has 25 heavy (non-hydrogen) atoms.